The molecule has 3 rings (SSSR count). The Morgan fingerprint density at radius 3 is 2.33 bits per heavy atom. The monoisotopic (exact) mass is 386 g/mol. The zero-order valence-corrected chi connectivity index (χ0v) is 16.2. The number of aromatic amines is 1. The lowest BCUT2D eigenvalue weighted by Gasteiger charge is -2.10. The van der Waals surface area contributed by atoms with Crippen LogP contribution in [0.15, 0.2) is 46.2 Å². The predicted octanol–water partition coefficient (Wildman–Crippen LogP) is 2.70. The molecule has 1 heterocycles. The van der Waals surface area contributed by atoms with Crippen molar-refractivity contribution in [2.24, 2.45) is 5.73 Å². The van der Waals surface area contributed by atoms with Crippen LogP contribution in [0.25, 0.3) is 10.9 Å². The van der Waals surface area contributed by atoms with E-state index in [2.05, 4.69) is 4.98 Å². The second kappa shape index (κ2) is 6.83. The summed E-state index contributed by atoms with van der Waals surface area (Å²) in [5.41, 5.74) is 8.39. The number of nitrogens with one attached hydrogen (secondary N) is 1. The maximum Gasteiger partial charge on any atom is 0.223 e. The number of primary amides is 1. The number of aryl methyl sites for hydroxylation is 2. The fourth-order valence-electron chi connectivity index (χ4n) is 3.31. The fourth-order valence-corrected chi connectivity index (χ4v) is 5.14. The minimum atomic E-state index is -3.91. The molecule has 1 aromatic heterocycles. The molecule has 0 aliphatic rings. The van der Waals surface area contributed by atoms with Crippen molar-refractivity contribution in [1.29, 1.82) is 0 Å². The van der Waals surface area contributed by atoms with E-state index in [9.17, 15) is 18.3 Å². The zero-order valence-electron chi connectivity index (χ0n) is 15.4. The van der Waals surface area contributed by atoms with Gasteiger partial charge in [-0.3, -0.25) is 4.79 Å². The molecule has 0 radical (unpaired) electrons. The van der Waals surface area contributed by atoms with Gasteiger partial charge in [0, 0.05) is 16.6 Å². The van der Waals surface area contributed by atoms with Crippen molar-refractivity contribution in [2.75, 3.05) is 0 Å². The Bertz CT molecular complexity index is 1120. The summed E-state index contributed by atoms with van der Waals surface area (Å²) in [4.78, 5) is 14.7. The first-order valence-electron chi connectivity index (χ1n) is 8.54. The Morgan fingerprint density at radius 1 is 1.15 bits per heavy atom. The van der Waals surface area contributed by atoms with Crippen molar-refractivity contribution < 1.29 is 18.3 Å². The van der Waals surface area contributed by atoms with Crippen LogP contribution in [-0.2, 0) is 21.1 Å². The molecule has 1 atom stereocenters. The quantitative estimate of drug-likeness (QED) is 0.625. The molecule has 4 N–H and O–H groups in total. The van der Waals surface area contributed by atoms with Gasteiger partial charge < -0.3 is 15.8 Å². The molecular weight excluding hydrogens is 364 g/mol. The number of H-pyrrole nitrogens is 1. The summed E-state index contributed by atoms with van der Waals surface area (Å²) in [5, 5.41) is 10.3. The van der Waals surface area contributed by atoms with Crippen molar-refractivity contribution in [3.05, 3.63) is 58.8 Å². The van der Waals surface area contributed by atoms with Gasteiger partial charge in [0.1, 0.15) is 4.90 Å². The Balaban J connectivity index is 2.35. The highest BCUT2D eigenvalue weighted by molar-refractivity contribution is 7.91. The smallest absolute Gasteiger partial charge is 0.223 e. The Kier molecular flexibility index (Phi) is 4.84. The van der Waals surface area contributed by atoms with Crippen molar-refractivity contribution in [3.8, 4) is 0 Å². The number of benzene rings is 2. The molecule has 0 aliphatic carbocycles. The number of hydrogen-bond donors (Lipinski definition) is 3. The lowest BCUT2D eigenvalue weighted by atomic mass is 10.1. The average Bonchev–Trinajstić information content (AvgIpc) is 2.90. The number of aromatic nitrogens is 1. The van der Waals surface area contributed by atoms with E-state index in [1.165, 1.54) is 0 Å². The molecule has 2 aromatic carbocycles. The highest BCUT2D eigenvalue weighted by atomic mass is 32.2. The number of fused-ring (bicyclic) bond motifs is 1. The standard InChI is InChI=1S/C20H22N2O4S/c1-11-6-12(2)8-15(7-11)27(25,26)20-16-9-14(13(3)23)4-5-17(16)22-18(20)10-19(21)24/h4-9,13,22-23H,10H2,1-3H3,(H2,21,24). The van der Waals surface area contributed by atoms with Crippen LogP contribution in [0, 0.1) is 13.8 Å². The Labute approximate surface area is 157 Å². The number of aliphatic hydroxyl groups is 1. The third kappa shape index (κ3) is 3.61. The molecule has 0 spiro atoms. The second-order valence-corrected chi connectivity index (χ2v) is 8.77. The largest absolute Gasteiger partial charge is 0.389 e. The number of nitrogens with two attached hydrogens (primary N) is 1. The number of amides is 1. The SMILES string of the molecule is Cc1cc(C)cc(S(=O)(=O)c2c(CC(N)=O)[nH]c3ccc(C(C)O)cc23)c1. The molecule has 6 nitrogen and oxygen atoms in total. The normalized spacial score (nSPS) is 13.0. The van der Waals surface area contributed by atoms with E-state index in [0.29, 0.717) is 16.5 Å². The van der Waals surface area contributed by atoms with Crippen LogP contribution in [0.5, 0.6) is 0 Å². The minimum Gasteiger partial charge on any atom is -0.389 e. The van der Waals surface area contributed by atoms with Gasteiger partial charge in [-0.05, 0) is 61.7 Å². The van der Waals surface area contributed by atoms with Crippen molar-refractivity contribution in [3.63, 3.8) is 0 Å². The lowest BCUT2D eigenvalue weighted by Crippen LogP contribution is -2.16. The molecule has 1 unspecified atom stereocenters. The van der Waals surface area contributed by atoms with Crippen LogP contribution in [0.4, 0.5) is 0 Å². The fraction of sp³-hybridized carbons (Fsp3) is 0.250. The summed E-state index contributed by atoms with van der Waals surface area (Å²) in [6.07, 6.45) is -0.974. The van der Waals surface area contributed by atoms with Crippen LogP contribution >= 0.6 is 0 Å². The molecular formula is C20H22N2O4S. The lowest BCUT2D eigenvalue weighted by molar-refractivity contribution is -0.117. The van der Waals surface area contributed by atoms with E-state index < -0.39 is 21.8 Å². The first-order chi connectivity index (χ1) is 12.6. The minimum absolute atomic E-state index is 0.0313. The topological polar surface area (TPSA) is 113 Å². The van der Waals surface area contributed by atoms with Gasteiger partial charge in [-0.25, -0.2) is 8.42 Å². The highest BCUT2D eigenvalue weighted by Gasteiger charge is 2.27. The predicted molar refractivity (Wildman–Crippen MR) is 103 cm³/mol. The summed E-state index contributed by atoms with van der Waals surface area (Å²) < 4.78 is 26.9. The van der Waals surface area contributed by atoms with Crippen molar-refractivity contribution in [2.45, 2.75) is 43.1 Å². The van der Waals surface area contributed by atoms with E-state index >= 15 is 0 Å². The molecule has 3 aromatic rings. The first kappa shape index (κ1) is 19.1. The number of carbonyl (C=O) groups excluding carboxylic acids is 1. The van der Waals surface area contributed by atoms with E-state index in [1.807, 2.05) is 19.9 Å². The number of aliphatic hydroxyl groups excluding tert-OH is 1. The van der Waals surface area contributed by atoms with Crippen molar-refractivity contribution >= 4 is 26.6 Å². The molecule has 1 amide bonds. The van der Waals surface area contributed by atoms with Gasteiger partial charge in [0.2, 0.25) is 15.7 Å². The summed E-state index contributed by atoms with van der Waals surface area (Å²) in [6, 6.07) is 10.1. The summed E-state index contributed by atoms with van der Waals surface area (Å²) >= 11 is 0. The van der Waals surface area contributed by atoms with Gasteiger partial charge in [0.25, 0.3) is 0 Å². The molecule has 0 saturated carbocycles. The van der Waals surface area contributed by atoms with Gasteiger partial charge in [0.05, 0.1) is 17.4 Å². The summed E-state index contributed by atoms with van der Waals surface area (Å²) in [6.45, 7) is 5.27. The van der Waals surface area contributed by atoms with Gasteiger partial charge in [-0.2, -0.15) is 0 Å². The van der Waals surface area contributed by atoms with E-state index in [0.717, 1.165) is 11.1 Å². The van der Waals surface area contributed by atoms with Crippen LogP contribution in [0.2, 0.25) is 0 Å². The number of carbonyl (C=O) groups is 1. The van der Waals surface area contributed by atoms with Gasteiger partial charge in [-0.1, -0.05) is 12.1 Å². The third-order valence-corrected chi connectivity index (χ3v) is 6.32. The number of hydrogen-bond acceptors (Lipinski definition) is 4. The van der Waals surface area contributed by atoms with Gasteiger partial charge in [0.15, 0.2) is 0 Å². The Hall–Kier alpha value is -2.64. The van der Waals surface area contributed by atoms with Gasteiger partial charge >= 0.3 is 0 Å². The molecule has 0 bridgehead atoms. The number of rotatable bonds is 5. The third-order valence-electron chi connectivity index (χ3n) is 4.46. The molecule has 142 valence electrons. The molecule has 27 heavy (non-hydrogen) atoms. The van der Waals surface area contributed by atoms with Crippen LogP contribution in [-0.4, -0.2) is 24.4 Å². The van der Waals surface area contributed by atoms with Crippen LogP contribution < -0.4 is 5.73 Å². The van der Waals surface area contributed by atoms with E-state index in [4.69, 9.17) is 5.73 Å². The van der Waals surface area contributed by atoms with Crippen molar-refractivity contribution in [1.82, 2.24) is 4.98 Å². The molecule has 7 heteroatoms. The summed E-state index contributed by atoms with van der Waals surface area (Å²) in [5.74, 6) is -0.630. The summed E-state index contributed by atoms with van der Waals surface area (Å²) in [7, 11) is -3.91. The molecule has 0 fully saturated rings. The second-order valence-electron chi connectivity index (χ2n) is 6.88. The van der Waals surface area contributed by atoms with E-state index in [-0.39, 0.29) is 21.9 Å². The molecule has 0 aliphatic heterocycles. The maximum atomic E-state index is 13.5. The zero-order chi connectivity index (χ0) is 19.9. The first-order valence-corrected chi connectivity index (χ1v) is 10.0. The van der Waals surface area contributed by atoms with Gasteiger partial charge in [-0.15, -0.1) is 0 Å². The molecule has 0 saturated heterocycles. The maximum absolute atomic E-state index is 13.5. The van der Waals surface area contributed by atoms with Crippen LogP contribution in [0.1, 0.15) is 35.4 Å². The average molecular weight is 386 g/mol. The van der Waals surface area contributed by atoms with E-state index in [1.54, 1.807) is 37.3 Å². The highest BCUT2D eigenvalue weighted by Crippen LogP contribution is 2.34. The Morgan fingerprint density at radius 2 is 1.78 bits per heavy atom. The van der Waals surface area contributed by atoms with Crippen LogP contribution in [0.3, 0.4) is 0 Å². The number of sulfone groups is 1.